The molecule has 0 aliphatic rings. The minimum absolute atomic E-state index is 0.516. The molecule has 1 aromatic heterocycles. The summed E-state index contributed by atoms with van der Waals surface area (Å²) >= 11 is 0. The van der Waals surface area contributed by atoms with Gasteiger partial charge in [0.05, 0.1) is 12.7 Å². The van der Waals surface area contributed by atoms with E-state index in [1.807, 2.05) is 27.7 Å². The maximum atomic E-state index is 10.3. The van der Waals surface area contributed by atoms with E-state index in [1.165, 1.54) is 0 Å². The van der Waals surface area contributed by atoms with Gasteiger partial charge in [-0.1, -0.05) is 6.92 Å². The SMILES string of the molecule is CCNCC(C)(O)Cc1ncc(C)c(OC)c1C. The minimum atomic E-state index is -0.798. The van der Waals surface area contributed by atoms with Crippen LogP contribution in [-0.2, 0) is 6.42 Å². The smallest absolute Gasteiger partial charge is 0.128 e. The topological polar surface area (TPSA) is 54.4 Å². The summed E-state index contributed by atoms with van der Waals surface area (Å²) in [6.07, 6.45) is 2.31. The molecule has 0 aliphatic heterocycles. The second-order valence-electron chi connectivity index (χ2n) is 5.00. The summed E-state index contributed by atoms with van der Waals surface area (Å²) in [5.41, 5.74) is 2.12. The van der Waals surface area contributed by atoms with E-state index < -0.39 is 5.60 Å². The lowest BCUT2D eigenvalue weighted by atomic mass is 9.96. The lowest BCUT2D eigenvalue weighted by Crippen LogP contribution is -2.40. The first-order valence-corrected chi connectivity index (χ1v) is 6.33. The summed E-state index contributed by atoms with van der Waals surface area (Å²) in [4.78, 5) is 4.41. The molecule has 0 saturated carbocycles. The van der Waals surface area contributed by atoms with Crippen molar-refractivity contribution in [2.75, 3.05) is 20.2 Å². The van der Waals surface area contributed by atoms with Crippen LogP contribution in [-0.4, -0.2) is 35.9 Å². The summed E-state index contributed by atoms with van der Waals surface area (Å²) in [6.45, 7) is 9.20. The summed E-state index contributed by atoms with van der Waals surface area (Å²) in [6, 6.07) is 0. The number of aliphatic hydroxyl groups is 1. The lowest BCUT2D eigenvalue weighted by molar-refractivity contribution is 0.0595. The Labute approximate surface area is 109 Å². The number of likely N-dealkylation sites (N-methyl/N-ethyl adjacent to an activating group) is 1. The second-order valence-corrected chi connectivity index (χ2v) is 5.00. The van der Waals surface area contributed by atoms with Crippen LogP contribution in [0.25, 0.3) is 0 Å². The van der Waals surface area contributed by atoms with Crippen LogP contribution in [0.15, 0.2) is 6.20 Å². The van der Waals surface area contributed by atoms with Crippen molar-refractivity contribution in [2.45, 2.75) is 39.7 Å². The molecule has 102 valence electrons. The highest BCUT2D eigenvalue weighted by Crippen LogP contribution is 2.26. The fraction of sp³-hybridized carbons (Fsp3) is 0.643. The van der Waals surface area contributed by atoms with Crippen LogP contribution in [0.3, 0.4) is 0 Å². The molecule has 1 unspecified atom stereocenters. The zero-order valence-electron chi connectivity index (χ0n) is 12.0. The van der Waals surface area contributed by atoms with Gasteiger partial charge in [-0.3, -0.25) is 4.98 Å². The molecule has 1 aromatic rings. The lowest BCUT2D eigenvalue weighted by Gasteiger charge is -2.24. The zero-order chi connectivity index (χ0) is 13.8. The van der Waals surface area contributed by atoms with Crippen molar-refractivity contribution >= 4 is 0 Å². The largest absolute Gasteiger partial charge is 0.496 e. The van der Waals surface area contributed by atoms with Crippen LogP contribution in [0.4, 0.5) is 0 Å². The maximum Gasteiger partial charge on any atom is 0.128 e. The Morgan fingerprint density at radius 3 is 2.67 bits per heavy atom. The molecule has 0 bridgehead atoms. The van der Waals surface area contributed by atoms with Crippen molar-refractivity contribution < 1.29 is 9.84 Å². The molecule has 2 N–H and O–H groups in total. The van der Waals surface area contributed by atoms with Gasteiger partial charge in [-0.2, -0.15) is 0 Å². The third-order valence-electron chi connectivity index (χ3n) is 3.05. The van der Waals surface area contributed by atoms with Crippen LogP contribution in [0.2, 0.25) is 0 Å². The summed E-state index contributed by atoms with van der Waals surface area (Å²) < 4.78 is 5.37. The van der Waals surface area contributed by atoms with Gasteiger partial charge in [-0.05, 0) is 27.3 Å². The van der Waals surface area contributed by atoms with Gasteiger partial charge in [0.15, 0.2) is 0 Å². The first kappa shape index (κ1) is 14.9. The van der Waals surface area contributed by atoms with E-state index >= 15 is 0 Å². The number of nitrogens with one attached hydrogen (secondary N) is 1. The monoisotopic (exact) mass is 252 g/mol. The van der Waals surface area contributed by atoms with Crippen molar-refractivity contribution in [1.82, 2.24) is 10.3 Å². The van der Waals surface area contributed by atoms with Crippen LogP contribution in [0, 0.1) is 13.8 Å². The zero-order valence-corrected chi connectivity index (χ0v) is 12.0. The van der Waals surface area contributed by atoms with Crippen LogP contribution >= 0.6 is 0 Å². The Morgan fingerprint density at radius 2 is 2.11 bits per heavy atom. The van der Waals surface area contributed by atoms with Crippen molar-refractivity contribution in [1.29, 1.82) is 0 Å². The normalized spacial score (nSPS) is 14.3. The molecule has 0 aliphatic carbocycles. The summed E-state index contributed by atoms with van der Waals surface area (Å²) in [7, 11) is 1.66. The molecule has 18 heavy (non-hydrogen) atoms. The summed E-state index contributed by atoms with van der Waals surface area (Å²) in [5, 5.41) is 13.5. The van der Waals surface area contributed by atoms with E-state index in [1.54, 1.807) is 13.3 Å². The van der Waals surface area contributed by atoms with E-state index in [0.29, 0.717) is 13.0 Å². The number of ether oxygens (including phenoxy) is 1. The van der Waals surface area contributed by atoms with Crippen molar-refractivity contribution in [3.63, 3.8) is 0 Å². The minimum Gasteiger partial charge on any atom is -0.496 e. The quantitative estimate of drug-likeness (QED) is 0.807. The average Bonchev–Trinajstić information content (AvgIpc) is 2.31. The Morgan fingerprint density at radius 1 is 1.44 bits per heavy atom. The van der Waals surface area contributed by atoms with E-state index in [0.717, 1.165) is 29.1 Å². The molecule has 0 radical (unpaired) electrons. The number of aromatic nitrogens is 1. The van der Waals surface area contributed by atoms with E-state index in [2.05, 4.69) is 10.3 Å². The molecule has 4 nitrogen and oxygen atoms in total. The standard InChI is InChI=1S/C14H24N2O2/c1-6-15-9-14(4,17)7-12-11(3)13(18-5)10(2)8-16-12/h8,15,17H,6-7,9H2,1-5H3. The highest BCUT2D eigenvalue weighted by Gasteiger charge is 2.23. The first-order chi connectivity index (χ1) is 8.41. The Kier molecular flexibility index (Phi) is 5.11. The first-order valence-electron chi connectivity index (χ1n) is 6.33. The maximum absolute atomic E-state index is 10.3. The number of pyridine rings is 1. The van der Waals surface area contributed by atoms with Gasteiger partial charge in [0, 0.05) is 36.0 Å². The average molecular weight is 252 g/mol. The molecular weight excluding hydrogens is 228 g/mol. The molecule has 4 heteroatoms. The molecule has 0 spiro atoms. The van der Waals surface area contributed by atoms with Gasteiger partial charge in [-0.15, -0.1) is 0 Å². The van der Waals surface area contributed by atoms with Crippen molar-refractivity contribution in [3.05, 3.63) is 23.0 Å². The van der Waals surface area contributed by atoms with E-state index in [-0.39, 0.29) is 0 Å². The third-order valence-corrected chi connectivity index (χ3v) is 3.05. The molecule has 0 fully saturated rings. The van der Waals surface area contributed by atoms with Gasteiger partial charge in [-0.25, -0.2) is 0 Å². The molecular formula is C14H24N2O2. The van der Waals surface area contributed by atoms with Gasteiger partial charge in [0.25, 0.3) is 0 Å². The number of hydrogen-bond donors (Lipinski definition) is 2. The Bertz CT molecular complexity index is 403. The number of hydrogen-bond acceptors (Lipinski definition) is 4. The third kappa shape index (κ3) is 3.68. The van der Waals surface area contributed by atoms with Gasteiger partial charge < -0.3 is 15.2 Å². The molecule has 0 amide bonds. The molecule has 1 atom stereocenters. The predicted octanol–water partition coefficient (Wildman–Crippen LogP) is 1.61. The van der Waals surface area contributed by atoms with Crippen LogP contribution in [0.5, 0.6) is 5.75 Å². The van der Waals surface area contributed by atoms with Crippen LogP contribution < -0.4 is 10.1 Å². The van der Waals surface area contributed by atoms with Crippen molar-refractivity contribution in [2.24, 2.45) is 0 Å². The number of aryl methyl sites for hydroxylation is 1. The number of methoxy groups -OCH3 is 1. The summed E-state index contributed by atoms with van der Waals surface area (Å²) in [5.74, 6) is 0.860. The predicted molar refractivity (Wildman–Crippen MR) is 73.1 cm³/mol. The fourth-order valence-corrected chi connectivity index (χ4v) is 2.07. The van der Waals surface area contributed by atoms with Gasteiger partial charge in [0.2, 0.25) is 0 Å². The highest BCUT2D eigenvalue weighted by atomic mass is 16.5. The Balaban J connectivity index is 2.91. The Hall–Kier alpha value is -1.13. The highest BCUT2D eigenvalue weighted by molar-refractivity contribution is 5.41. The van der Waals surface area contributed by atoms with Crippen molar-refractivity contribution in [3.8, 4) is 5.75 Å². The molecule has 0 saturated heterocycles. The van der Waals surface area contributed by atoms with Gasteiger partial charge in [0.1, 0.15) is 5.75 Å². The number of rotatable bonds is 6. The van der Waals surface area contributed by atoms with E-state index in [4.69, 9.17) is 4.74 Å². The fourth-order valence-electron chi connectivity index (χ4n) is 2.07. The van der Waals surface area contributed by atoms with Gasteiger partial charge >= 0.3 is 0 Å². The number of nitrogens with zero attached hydrogens (tertiary/aromatic N) is 1. The molecule has 0 aromatic carbocycles. The molecule has 1 rings (SSSR count). The van der Waals surface area contributed by atoms with E-state index in [9.17, 15) is 5.11 Å². The van der Waals surface area contributed by atoms with Crippen LogP contribution in [0.1, 0.15) is 30.7 Å². The second kappa shape index (κ2) is 6.16. The molecule has 1 heterocycles.